The molecule has 4 nitrogen and oxygen atoms in total. The molecule has 0 unspecified atom stereocenters. The van der Waals surface area contributed by atoms with Crippen LogP contribution in [-0.2, 0) is 0 Å². The van der Waals surface area contributed by atoms with Crippen LogP contribution < -0.4 is 10.6 Å². The largest absolute Gasteiger partial charge is 0.396 e. The Kier molecular flexibility index (Phi) is 4.10. The molecule has 20 heavy (non-hydrogen) atoms. The highest BCUT2D eigenvalue weighted by atomic mass is 15.2. The Morgan fingerprint density at radius 3 is 2.45 bits per heavy atom. The van der Waals surface area contributed by atoms with Crippen LogP contribution in [0.2, 0.25) is 0 Å². The Morgan fingerprint density at radius 1 is 1.05 bits per heavy atom. The number of nitrogen functional groups attached to an aromatic ring is 1. The van der Waals surface area contributed by atoms with Crippen LogP contribution in [0.4, 0.5) is 11.5 Å². The summed E-state index contributed by atoms with van der Waals surface area (Å²) in [5.41, 5.74) is 7.94. The molecule has 110 valence electrons. The first kappa shape index (κ1) is 13.7. The number of rotatable bonds is 2. The van der Waals surface area contributed by atoms with Crippen LogP contribution in [0.5, 0.6) is 0 Å². The summed E-state index contributed by atoms with van der Waals surface area (Å²) in [6.07, 6.45) is 6.67. The summed E-state index contributed by atoms with van der Waals surface area (Å²) in [4.78, 5) is 9.69. The van der Waals surface area contributed by atoms with Crippen LogP contribution in [-0.4, -0.2) is 42.1 Å². The van der Waals surface area contributed by atoms with Gasteiger partial charge in [-0.2, -0.15) is 0 Å². The van der Waals surface area contributed by atoms with Crippen LogP contribution in [0.25, 0.3) is 0 Å². The molecule has 1 aromatic heterocycles. The number of likely N-dealkylation sites (tertiary alicyclic amines) is 1. The van der Waals surface area contributed by atoms with E-state index in [0.29, 0.717) is 0 Å². The van der Waals surface area contributed by atoms with E-state index in [4.69, 9.17) is 5.73 Å². The van der Waals surface area contributed by atoms with Crippen LogP contribution in [0.15, 0.2) is 12.1 Å². The standard InChI is InChI=1S/C16H26N4/c1-13-5-6-15(17)16(18-13)20-11-7-14(8-12-20)19-9-3-2-4-10-19/h5-6,14H,2-4,7-12,17H2,1H3. The summed E-state index contributed by atoms with van der Waals surface area (Å²) in [6, 6.07) is 4.74. The second-order valence-corrected chi connectivity index (χ2v) is 6.18. The van der Waals surface area contributed by atoms with Crippen LogP contribution in [0.1, 0.15) is 37.8 Å². The van der Waals surface area contributed by atoms with E-state index >= 15 is 0 Å². The van der Waals surface area contributed by atoms with Crippen molar-refractivity contribution in [3.05, 3.63) is 17.8 Å². The third-order valence-corrected chi connectivity index (χ3v) is 4.72. The minimum atomic E-state index is 0.776. The molecule has 0 atom stereocenters. The van der Waals surface area contributed by atoms with Crippen molar-refractivity contribution in [3.8, 4) is 0 Å². The van der Waals surface area contributed by atoms with Crippen molar-refractivity contribution in [2.75, 3.05) is 36.8 Å². The molecule has 2 aliphatic rings. The highest BCUT2D eigenvalue weighted by Crippen LogP contribution is 2.27. The van der Waals surface area contributed by atoms with Crippen molar-refractivity contribution in [1.82, 2.24) is 9.88 Å². The maximum absolute atomic E-state index is 6.08. The summed E-state index contributed by atoms with van der Waals surface area (Å²) < 4.78 is 0. The molecule has 0 saturated carbocycles. The number of hydrogen-bond acceptors (Lipinski definition) is 4. The number of piperidine rings is 2. The van der Waals surface area contributed by atoms with Gasteiger partial charge in [0.1, 0.15) is 0 Å². The van der Waals surface area contributed by atoms with E-state index in [-0.39, 0.29) is 0 Å². The molecule has 2 aliphatic heterocycles. The van der Waals surface area contributed by atoms with Crippen molar-refractivity contribution in [1.29, 1.82) is 0 Å². The summed E-state index contributed by atoms with van der Waals surface area (Å²) in [5.74, 6) is 0.988. The Bertz CT molecular complexity index is 446. The van der Waals surface area contributed by atoms with E-state index in [2.05, 4.69) is 14.8 Å². The zero-order valence-corrected chi connectivity index (χ0v) is 12.5. The van der Waals surface area contributed by atoms with Gasteiger partial charge >= 0.3 is 0 Å². The van der Waals surface area contributed by atoms with Gasteiger partial charge in [0.15, 0.2) is 5.82 Å². The third kappa shape index (κ3) is 2.90. The Labute approximate surface area is 122 Å². The lowest BCUT2D eigenvalue weighted by atomic mass is 10.00. The van der Waals surface area contributed by atoms with E-state index in [1.165, 1.54) is 45.2 Å². The van der Waals surface area contributed by atoms with Crippen LogP contribution in [0.3, 0.4) is 0 Å². The highest BCUT2D eigenvalue weighted by Gasteiger charge is 2.26. The molecular formula is C16H26N4. The van der Waals surface area contributed by atoms with Gasteiger partial charge in [-0.15, -0.1) is 0 Å². The van der Waals surface area contributed by atoms with Gasteiger partial charge in [0, 0.05) is 24.8 Å². The first-order valence-corrected chi connectivity index (χ1v) is 7.96. The number of anilines is 2. The Morgan fingerprint density at radius 2 is 1.75 bits per heavy atom. The number of nitrogens with zero attached hydrogens (tertiary/aromatic N) is 3. The molecule has 3 heterocycles. The van der Waals surface area contributed by atoms with E-state index in [1.54, 1.807) is 0 Å². The van der Waals surface area contributed by atoms with Gasteiger partial charge in [-0.1, -0.05) is 6.42 Å². The highest BCUT2D eigenvalue weighted by molar-refractivity contribution is 5.63. The lowest BCUT2D eigenvalue weighted by Gasteiger charge is -2.40. The lowest BCUT2D eigenvalue weighted by molar-refractivity contribution is 0.141. The molecule has 1 aromatic rings. The fourth-order valence-corrected chi connectivity index (χ4v) is 3.53. The summed E-state index contributed by atoms with van der Waals surface area (Å²) in [5, 5.41) is 0. The molecule has 2 saturated heterocycles. The van der Waals surface area contributed by atoms with Crippen molar-refractivity contribution in [3.63, 3.8) is 0 Å². The molecule has 0 spiro atoms. The maximum Gasteiger partial charge on any atom is 0.152 e. The van der Waals surface area contributed by atoms with Crippen molar-refractivity contribution < 1.29 is 0 Å². The van der Waals surface area contributed by atoms with Crippen molar-refractivity contribution >= 4 is 11.5 Å². The fraction of sp³-hybridized carbons (Fsp3) is 0.688. The van der Waals surface area contributed by atoms with E-state index in [0.717, 1.165) is 36.3 Å². The zero-order chi connectivity index (χ0) is 13.9. The van der Waals surface area contributed by atoms with Crippen molar-refractivity contribution in [2.24, 2.45) is 0 Å². The summed E-state index contributed by atoms with van der Waals surface area (Å²) >= 11 is 0. The molecule has 2 N–H and O–H groups in total. The molecule has 0 amide bonds. The first-order chi connectivity index (χ1) is 9.74. The number of aromatic nitrogens is 1. The molecule has 2 fully saturated rings. The molecular weight excluding hydrogens is 248 g/mol. The van der Waals surface area contributed by atoms with Gasteiger partial charge in [0.05, 0.1) is 5.69 Å². The van der Waals surface area contributed by atoms with E-state index in [9.17, 15) is 0 Å². The van der Waals surface area contributed by atoms with Gasteiger partial charge < -0.3 is 15.5 Å². The summed E-state index contributed by atoms with van der Waals surface area (Å²) in [6.45, 7) is 6.80. The molecule has 4 heteroatoms. The molecule has 0 radical (unpaired) electrons. The van der Waals surface area contributed by atoms with Gasteiger partial charge in [-0.3, -0.25) is 0 Å². The summed E-state index contributed by atoms with van der Waals surface area (Å²) in [7, 11) is 0. The number of nitrogens with two attached hydrogens (primary N) is 1. The maximum atomic E-state index is 6.08. The predicted molar refractivity (Wildman–Crippen MR) is 84.0 cm³/mol. The normalized spacial score (nSPS) is 22.1. The second kappa shape index (κ2) is 6.00. The van der Waals surface area contributed by atoms with Crippen molar-refractivity contribution in [2.45, 2.75) is 45.1 Å². The van der Waals surface area contributed by atoms with Gasteiger partial charge in [-0.05, 0) is 57.8 Å². The number of aryl methyl sites for hydroxylation is 1. The van der Waals surface area contributed by atoms with Gasteiger partial charge in [-0.25, -0.2) is 4.98 Å². The second-order valence-electron chi connectivity index (χ2n) is 6.18. The van der Waals surface area contributed by atoms with E-state index in [1.807, 2.05) is 19.1 Å². The monoisotopic (exact) mass is 274 g/mol. The first-order valence-electron chi connectivity index (χ1n) is 7.96. The van der Waals surface area contributed by atoms with E-state index < -0.39 is 0 Å². The minimum Gasteiger partial charge on any atom is -0.396 e. The average Bonchev–Trinajstić information content (AvgIpc) is 2.51. The number of pyridine rings is 1. The SMILES string of the molecule is Cc1ccc(N)c(N2CCC(N3CCCCC3)CC2)n1. The Hall–Kier alpha value is -1.29. The molecule has 0 bridgehead atoms. The van der Waals surface area contributed by atoms with Gasteiger partial charge in [0.25, 0.3) is 0 Å². The predicted octanol–water partition coefficient (Wildman–Crippen LogP) is 2.43. The Balaban J connectivity index is 1.61. The lowest BCUT2D eigenvalue weighted by Crippen LogP contribution is -2.47. The third-order valence-electron chi connectivity index (χ3n) is 4.72. The van der Waals surface area contributed by atoms with Crippen LogP contribution in [0, 0.1) is 6.92 Å². The van der Waals surface area contributed by atoms with Crippen LogP contribution >= 0.6 is 0 Å². The topological polar surface area (TPSA) is 45.4 Å². The molecule has 0 aromatic carbocycles. The smallest absolute Gasteiger partial charge is 0.152 e. The van der Waals surface area contributed by atoms with Gasteiger partial charge in [0.2, 0.25) is 0 Å². The zero-order valence-electron chi connectivity index (χ0n) is 12.5. The average molecular weight is 274 g/mol. The molecule has 0 aliphatic carbocycles. The number of hydrogen-bond donors (Lipinski definition) is 1. The quantitative estimate of drug-likeness (QED) is 0.899. The minimum absolute atomic E-state index is 0.776. The fourth-order valence-electron chi connectivity index (χ4n) is 3.53. The molecule has 3 rings (SSSR count).